The van der Waals surface area contributed by atoms with Crippen molar-refractivity contribution in [1.82, 2.24) is 20.9 Å². The van der Waals surface area contributed by atoms with Crippen LogP contribution in [0.25, 0.3) is 0 Å². The summed E-state index contributed by atoms with van der Waals surface area (Å²) in [6.07, 6.45) is 1.61. The molecule has 172 valence electrons. The standard InChI is InChI=1S/C24H25FN4O4/c1-16-6-8-18(12-21(16)25)23(30)26-10-11-27-24(31)29-15-17-7-9-22(28-14-17)33-20-5-3-4-19(13-20)32-2/h3-9,12-14H,10-11,15H2,1-2H3,(H,26,30)(H2,27,29,31). The lowest BCUT2D eigenvalue weighted by Crippen LogP contribution is -2.40. The van der Waals surface area contributed by atoms with Gasteiger partial charge >= 0.3 is 6.03 Å². The van der Waals surface area contributed by atoms with Crippen molar-refractivity contribution < 1.29 is 23.5 Å². The minimum atomic E-state index is -0.436. The van der Waals surface area contributed by atoms with E-state index in [9.17, 15) is 14.0 Å². The number of carbonyl (C=O) groups excluding carboxylic acids is 2. The van der Waals surface area contributed by atoms with Crippen molar-refractivity contribution in [2.24, 2.45) is 0 Å². The van der Waals surface area contributed by atoms with Crippen molar-refractivity contribution in [1.29, 1.82) is 0 Å². The Bertz CT molecular complexity index is 1110. The van der Waals surface area contributed by atoms with Gasteiger partial charge in [0.15, 0.2) is 0 Å². The Labute approximate surface area is 191 Å². The fourth-order valence-electron chi connectivity index (χ4n) is 2.79. The van der Waals surface area contributed by atoms with Crippen molar-refractivity contribution in [3.05, 3.63) is 83.3 Å². The predicted octanol–water partition coefficient (Wildman–Crippen LogP) is 3.56. The molecule has 1 aromatic heterocycles. The summed E-state index contributed by atoms with van der Waals surface area (Å²) in [5.74, 6) is 0.864. The molecule has 33 heavy (non-hydrogen) atoms. The van der Waals surface area contributed by atoms with Crippen LogP contribution in [-0.2, 0) is 6.54 Å². The smallest absolute Gasteiger partial charge is 0.315 e. The summed E-state index contributed by atoms with van der Waals surface area (Å²) in [5, 5.41) is 7.97. The van der Waals surface area contributed by atoms with Gasteiger partial charge in [-0.3, -0.25) is 4.79 Å². The Morgan fingerprint density at radius 1 is 0.970 bits per heavy atom. The van der Waals surface area contributed by atoms with E-state index in [1.165, 1.54) is 6.07 Å². The van der Waals surface area contributed by atoms with E-state index in [1.807, 2.05) is 12.1 Å². The lowest BCUT2D eigenvalue weighted by Gasteiger charge is -2.10. The number of nitrogens with one attached hydrogen (secondary N) is 3. The first-order valence-corrected chi connectivity index (χ1v) is 10.3. The fourth-order valence-corrected chi connectivity index (χ4v) is 2.79. The predicted molar refractivity (Wildman–Crippen MR) is 121 cm³/mol. The number of amides is 3. The number of nitrogens with zero attached hydrogens (tertiary/aromatic N) is 1. The van der Waals surface area contributed by atoms with Gasteiger partial charge in [0.2, 0.25) is 5.88 Å². The molecule has 0 saturated heterocycles. The SMILES string of the molecule is COc1cccc(Oc2ccc(CNC(=O)NCCNC(=O)c3ccc(C)c(F)c3)cn2)c1. The van der Waals surface area contributed by atoms with Crippen LogP contribution >= 0.6 is 0 Å². The summed E-state index contributed by atoms with van der Waals surface area (Å²) in [6.45, 7) is 2.32. The van der Waals surface area contributed by atoms with Gasteiger partial charge in [0, 0.05) is 43.5 Å². The number of aromatic nitrogens is 1. The largest absolute Gasteiger partial charge is 0.497 e. The highest BCUT2D eigenvalue weighted by Crippen LogP contribution is 2.23. The van der Waals surface area contributed by atoms with Gasteiger partial charge in [0.1, 0.15) is 17.3 Å². The van der Waals surface area contributed by atoms with E-state index in [2.05, 4.69) is 20.9 Å². The lowest BCUT2D eigenvalue weighted by molar-refractivity contribution is 0.0953. The minimum absolute atomic E-state index is 0.208. The number of carbonyl (C=O) groups is 2. The molecular formula is C24H25FN4O4. The van der Waals surface area contributed by atoms with Crippen LogP contribution in [0.15, 0.2) is 60.8 Å². The van der Waals surface area contributed by atoms with Crippen molar-refractivity contribution >= 4 is 11.9 Å². The molecule has 3 rings (SSSR count). The average molecular weight is 452 g/mol. The number of benzene rings is 2. The lowest BCUT2D eigenvalue weighted by atomic mass is 10.1. The molecule has 2 aromatic carbocycles. The summed E-state index contributed by atoms with van der Waals surface area (Å²) in [7, 11) is 1.58. The summed E-state index contributed by atoms with van der Waals surface area (Å²) < 4.78 is 24.4. The van der Waals surface area contributed by atoms with E-state index in [0.29, 0.717) is 22.9 Å². The van der Waals surface area contributed by atoms with Crippen LogP contribution in [0, 0.1) is 12.7 Å². The molecule has 0 atom stereocenters. The average Bonchev–Trinajstić information content (AvgIpc) is 2.83. The maximum Gasteiger partial charge on any atom is 0.315 e. The summed E-state index contributed by atoms with van der Waals surface area (Å²) >= 11 is 0. The first-order chi connectivity index (χ1) is 15.9. The Balaban J connectivity index is 1.36. The summed E-state index contributed by atoms with van der Waals surface area (Å²) in [6, 6.07) is 14.6. The Kier molecular flexibility index (Phi) is 8.18. The Morgan fingerprint density at radius 2 is 1.76 bits per heavy atom. The topological polar surface area (TPSA) is 102 Å². The molecule has 0 radical (unpaired) electrons. The Morgan fingerprint density at radius 3 is 2.48 bits per heavy atom. The van der Waals surface area contributed by atoms with E-state index >= 15 is 0 Å². The first-order valence-electron chi connectivity index (χ1n) is 10.3. The van der Waals surface area contributed by atoms with E-state index in [1.54, 1.807) is 56.6 Å². The fraction of sp³-hybridized carbons (Fsp3) is 0.208. The monoisotopic (exact) mass is 452 g/mol. The number of urea groups is 1. The van der Waals surface area contributed by atoms with Gasteiger partial charge in [-0.2, -0.15) is 0 Å². The molecule has 3 N–H and O–H groups in total. The third-order valence-electron chi connectivity index (χ3n) is 4.64. The zero-order valence-corrected chi connectivity index (χ0v) is 18.4. The molecule has 9 heteroatoms. The van der Waals surface area contributed by atoms with E-state index in [-0.39, 0.29) is 31.2 Å². The number of pyridine rings is 1. The number of halogens is 1. The number of hydrogen-bond acceptors (Lipinski definition) is 5. The molecule has 0 saturated carbocycles. The van der Waals surface area contributed by atoms with Crippen LogP contribution in [0.2, 0.25) is 0 Å². The van der Waals surface area contributed by atoms with Crippen molar-refractivity contribution in [2.45, 2.75) is 13.5 Å². The summed E-state index contributed by atoms with van der Waals surface area (Å²) in [5.41, 5.74) is 1.49. The zero-order valence-electron chi connectivity index (χ0n) is 18.4. The molecule has 3 aromatic rings. The number of ether oxygens (including phenoxy) is 2. The highest BCUT2D eigenvalue weighted by atomic mass is 19.1. The molecule has 0 aliphatic carbocycles. The molecule has 0 bridgehead atoms. The number of rotatable bonds is 9. The number of hydrogen-bond donors (Lipinski definition) is 3. The van der Waals surface area contributed by atoms with Crippen molar-refractivity contribution in [2.75, 3.05) is 20.2 Å². The van der Waals surface area contributed by atoms with Crippen LogP contribution in [0.1, 0.15) is 21.5 Å². The van der Waals surface area contributed by atoms with Gasteiger partial charge in [-0.1, -0.05) is 18.2 Å². The van der Waals surface area contributed by atoms with Gasteiger partial charge in [-0.15, -0.1) is 0 Å². The molecule has 1 heterocycles. The first kappa shape index (κ1) is 23.5. The molecule has 3 amide bonds. The van der Waals surface area contributed by atoms with Crippen molar-refractivity contribution in [3.63, 3.8) is 0 Å². The molecular weight excluding hydrogens is 427 g/mol. The highest BCUT2D eigenvalue weighted by Gasteiger charge is 2.08. The van der Waals surface area contributed by atoms with E-state index in [0.717, 1.165) is 5.56 Å². The Hall–Kier alpha value is -4.14. The molecule has 0 unspecified atom stereocenters. The molecule has 0 aliphatic heterocycles. The molecule has 0 fully saturated rings. The van der Waals surface area contributed by atoms with Gasteiger partial charge in [-0.05, 0) is 42.3 Å². The van der Waals surface area contributed by atoms with Crippen LogP contribution in [0.3, 0.4) is 0 Å². The molecule has 0 aliphatic rings. The number of methoxy groups -OCH3 is 1. The minimum Gasteiger partial charge on any atom is -0.497 e. The third kappa shape index (κ3) is 7.20. The normalized spacial score (nSPS) is 10.3. The van der Waals surface area contributed by atoms with Crippen LogP contribution < -0.4 is 25.4 Å². The third-order valence-corrected chi connectivity index (χ3v) is 4.64. The van der Waals surface area contributed by atoms with Crippen LogP contribution in [0.5, 0.6) is 17.4 Å². The van der Waals surface area contributed by atoms with Crippen LogP contribution in [0.4, 0.5) is 9.18 Å². The summed E-state index contributed by atoms with van der Waals surface area (Å²) in [4.78, 5) is 28.2. The van der Waals surface area contributed by atoms with Gasteiger partial charge in [0.05, 0.1) is 7.11 Å². The number of aryl methyl sites for hydroxylation is 1. The highest BCUT2D eigenvalue weighted by molar-refractivity contribution is 5.94. The van der Waals surface area contributed by atoms with E-state index in [4.69, 9.17) is 9.47 Å². The zero-order chi connectivity index (χ0) is 23.6. The maximum absolute atomic E-state index is 13.5. The second kappa shape index (κ2) is 11.5. The molecule has 0 spiro atoms. The second-order valence-corrected chi connectivity index (χ2v) is 7.12. The van der Waals surface area contributed by atoms with E-state index < -0.39 is 11.7 Å². The van der Waals surface area contributed by atoms with Crippen molar-refractivity contribution in [3.8, 4) is 17.4 Å². The van der Waals surface area contributed by atoms with Gasteiger partial charge in [-0.25, -0.2) is 14.2 Å². The van der Waals surface area contributed by atoms with Gasteiger partial charge in [0.25, 0.3) is 5.91 Å². The maximum atomic E-state index is 13.5. The quantitative estimate of drug-likeness (QED) is 0.431. The van der Waals surface area contributed by atoms with Gasteiger partial charge < -0.3 is 25.4 Å². The second-order valence-electron chi connectivity index (χ2n) is 7.12. The van der Waals surface area contributed by atoms with Crippen LogP contribution in [-0.4, -0.2) is 37.1 Å². The molecule has 8 nitrogen and oxygen atoms in total.